The number of hydrogen-bond acceptors (Lipinski definition) is 7. The van der Waals surface area contributed by atoms with Crippen LogP contribution >= 0.6 is 22.7 Å². The van der Waals surface area contributed by atoms with Crippen LogP contribution < -0.4 is 5.56 Å². The summed E-state index contributed by atoms with van der Waals surface area (Å²) in [6, 6.07) is 8.06. The molecule has 33 heavy (non-hydrogen) atoms. The molecule has 1 aromatic carbocycles. The molecule has 7 nitrogen and oxygen atoms in total. The summed E-state index contributed by atoms with van der Waals surface area (Å²) in [6.07, 6.45) is 2.95. The van der Waals surface area contributed by atoms with Gasteiger partial charge in [0.2, 0.25) is 0 Å². The Labute approximate surface area is 199 Å². The van der Waals surface area contributed by atoms with Crippen LogP contribution in [0.2, 0.25) is 0 Å². The van der Waals surface area contributed by atoms with Crippen LogP contribution in [0.4, 0.5) is 0 Å². The van der Waals surface area contributed by atoms with E-state index in [1.807, 2.05) is 43.9 Å². The minimum Gasteiger partial charge on any atom is -0.328 e. The van der Waals surface area contributed by atoms with E-state index in [2.05, 4.69) is 16.1 Å². The van der Waals surface area contributed by atoms with Gasteiger partial charge in [-0.25, -0.2) is 14.6 Å². The number of likely N-dealkylation sites (tertiary alicyclic amines) is 1. The first kappa shape index (κ1) is 21.9. The van der Waals surface area contributed by atoms with E-state index in [9.17, 15) is 9.59 Å². The highest BCUT2D eigenvalue weighted by atomic mass is 32.1. The molecule has 4 heterocycles. The second-order valence-corrected chi connectivity index (χ2v) is 10.5. The number of rotatable bonds is 3. The summed E-state index contributed by atoms with van der Waals surface area (Å²) in [7, 11) is 1.64. The van der Waals surface area contributed by atoms with E-state index in [-0.39, 0.29) is 17.5 Å². The summed E-state index contributed by atoms with van der Waals surface area (Å²) in [6.45, 7) is 6.30. The molecular weight excluding hydrogens is 454 g/mol. The fourth-order valence-corrected chi connectivity index (χ4v) is 6.63. The third-order valence-electron chi connectivity index (χ3n) is 6.29. The molecule has 1 saturated heterocycles. The number of piperidine rings is 1. The van der Waals surface area contributed by atoms with Gasteiger partial charge in [0.25, 0.3) is 11.5 Å². The average Bonchev–Trinajstić information content (AvgIpc) is 3.41. The molecule has 170 valence electrons. The van der Waals surface area contributed by atoms with E-state index in [4.69, 9.17) is 4.98 Å². The van der Waals surface area contributed by atoms with Gasteiger partial charge in [0, 0.05) is 13.6 Å². The van der Waals surface area contributed by atoms with Crippen LogP contribution in [0.5, 0.6) is 0 Å². The molecule has 3 aromatic heterocycles. The van der Waals surface area contributed by atoms with Gasteiger partial charge >= 0.3 is 0 Å². The molecule has 0 aliphatic carbocycles. The Morgan fingerprint density at radius 3 is 2.64 bits per heavy atom. The van der Waals surface area contributed by atoms with Gasteiger partial charge in [-0.3, -0.25) is 9.59 Å². The zero-order valence-electron chi connectivity index (χ0n) is 19.1. The molecule has 1 fully saturated rings. The minimum atomic E-state index is -0.198. The molecule has 4 aromatic rings. The van der Waals surface area contributed by atoms with Crippen LogP contribution in [0.15, 0.2) is 29.1 Å². The highest BCUT2D eigenvalue weighted by molar-refractivity contribution is 7.18. The lowest BCUT2D eigenvalue weighted by molar-refractivity contribution is 0.0615. The Morgan fingerprint density at radius 2 is 1.85 bits per heavy atom. The number of para-hydroxylation sites is 1. The molecule has 0 N–H and O–H groups in total. The first-order chi connectivity index (χ1) is 15.8. The van der Waals surface area contributed by atoms with E-state index in [0.717, 1.165) is 45.7 Å². The second kappa shape index (κ2) is 8.46. The lowest BCUT2D eigenvalue weighted by Gasteiger charge is -2.34. The summed E-state index contributed by atoms with van der Waals surface area (Å²) in [5, 5.41) is 5.82. The number of hydrogen-bond donors (Lipinski definition) is 0. The number of fused-ring (bicyclic) bond motifs is 1. The summed E-state index contributed by atoms with van der Waals surface area (Å²) in [4.78, 5) is 38.6. The molecule has 1 amide bonds. The third kappa shape index (κ3) is 3.79. The quantitative estimate of drug-likeness (QED) is 0.421. The van der Waals surface area contributed by atoms with Crippen LogP contribution in [0.1, 0.15) is 56.9 Å². The summed E-state index contributed by atoms with van der Waals surface area (Å²) >= 11 is 2.97. The number of carbonyl (C=O) groups excluding carboxylic acids is 1. The van der Waals surface area contributed by atoms with E-state index in [0.29, 0.717) is 27.7 Å². The number of aromatic nitrogens is 4. The molecular formula is C24H25N5O2S2. The average molecular weight is 480 g/mol. The van der Waals surface area contributed by atoms with Crippen molar-refractivity contribution in [1.82, 2.24) is 24.6 Å². The second-order valence-electron chi connectivity index (χ2n) is 8.48. The topological polar surface area (TPSA) is 81.0 Å². The van der Waals surface area contributed by atoms with Crippen molar-refractivity contribution < 1.29 is 4.79 Å². The fourth-order valence-electron chi connectivity index (χ4n) is 4.40. The van der Waals surface area contributed by atoms with Crippen molar-refractivity contribution in [2.45, 2.75) is 46.1 Å². The molecule has 1 aliphatic rings. The fraction of sp³-hybridized carbons (Fsp3) is 0.375. The maximum Gasteiger partial charge on any atom is 0.277 e. The predicted molar refractivity (Wildman–Crippen MR) is 132 cm³/mol. The van der Waals surface area contributed by atoms with Gasteiger partial charge in [0.05, 0.1) is 33.2 Å². The molecule has 1 aliphatic heterocycles. The maximum absolute atomic E-state index is 13.7. The number of thiazole rings is 2. The number of carbonyl (C=O) groups is 1. The Kier molecular flexibility index (Phi) is 5.62. The summed E-state index contributed by atoms with van der Waals surface area (Å²) in [5.74, 6) is -0.0274. The van der Waals surface area contributed by atoms with Gasteiger partial charge in [-0.05, 0) is 57.7 Å². The third-order valence-corrected chi connectivity index (χ3v) is 8.59. The molecule has 0 radical (unpaired) electrons. The van der Waals surface area contributed by atoms with Gasteiger partial charge in [0.15, 0.2) is 0 Å². The van der Waals surface area contributed by atoms with Gasteiger partial charge in [0.1, 0.15) is 14.9 Å². The standard InChI is InChI=1S/C24H25N5O2S2/c1-13-14(2)27-28(4)23(30)19(13)22-25-15(3)20(33-22)24(31)29-12-8-7-10-17(29)21-26-16-9-5-6-11-18(16)32-21/h5-6,9,11,17H,7-8,10,12H2,1-4H3. The van der Waals surface area contributed by atoms with Crippen molar-refractivity contribution in [2.75, 3.05) is 6.54 Å². The number of nitrogens with zero attached hydrogens (tertiary/aromatic N) is 5. The Balaban J connectivity index is 1.53. The van der Waals surface area contributed by atoms with Crippen LogP contribution in [0, 0.1) is 20.8 Å². The molecule has 0 bridgehead atoms. The molecule has 0 spiro atoms. The highest BCUT2D eigenvalue weighted by Gasteiger charge is 2.33. The van der Waals surface area contributed by atoms with Crippen molar-refractivity contribution in [3.63, 3.8) is 0 Å². The van der Waals surface area contributed by atoms with E-state index >= 15 is 0 Å². The smallest absolute Gasteiger partial charge is 0.277 e. The van der Waals surface area contributed by atoms with Crippen molar-refractivity contribution in [3.8, 4) is 10.6 Å². The van der Waals surface area contributed by atoms with Crippen LogP contribution in [0.25, 0.3) is 20.8 Å². The van der Waals surface area contributed by atoms with Crippen molar-refractivity contribution in [3.05, 3.63) is 61.5 Å². The number of benzene rings is 1. The molecule has 5 rings (SSSR count). The lowest BCUT2D eigenvalue weighted by Crippen LogP contribution is -2.38. The first-order valence-electron chi connectivity index (χ1n) is 11.0. The number of aryl methyl sites for hydroxylation is 3. The molecule has 1 unspecified atom stereocenters. The summed E-state index contributed by atoms with van der Waals surface area (Å²) < 4.78 is 2.48. The lowest BCUT2D eigenvalue weighted by atomic mass is 10.0. The predicted octanol–water partition coefficient (Wildman–Crippen LogP) is 4.81. The zero-order valence-corrected chi connectivity index (χ0v) is 20.7. The van der Waals surface area contributed by atoms with Gasteiger partial charge in [-0.1, -0.05) is 12.1 Å². The zero-order chi connectivity index (χ0) is 23.3. The Bertz CT molecular complexity index is 1400. The van der Waals surface area contributed by atoms with E-state index in [1.54, 1.807) is 18.4 Å². The van der Waals surface area contributed by atoms with E-state index < -0.39 is 0 Å². The van der Waals surface area contributed by atoms with Crippen molar-refractivity contribution >= 4 is 38.8 Å². The van der Waals surface area contributed by atoms with Gasteiger partial charge < -0.3 is 4.90 Å². The summed E-state index contributed by atoms with van der Waals surface area (Å²) in [5.41, 5.74) is 3.54. The normalized spacial score (nSPS) is 16.5. The number of amides is 1. The first-order valence-corrected chi connectivity index (χ1v) is 12.7. The van der Waals surface area contributed by atoms with Gasteiger partial charge in [-0.2, -0.15) is 5.10 Å². The minimum absolute atomic E-state index is 0.0274. The molecule has 0 saturated carbocycles. The van der Waals surface area contributed by atoms with Crippen LogP contribution in [-0.4, -0.2) is 37.1 Å². The maximum atomic E-state index is 13.7. The Morgan fingerprint density at radius 1 is 1.06 bits per heavy atom. The van der Waals surface area contributed by atoms with Crippen molar-refractivity contribution in [2.24, 2.45) is 7.05 Å². The SMILES string of the molecule is Cc1nc(-c2c(C)c(C)nn(C)c2=O)sc1C(=O)N1CCCCC1c1nc2ccccc2s1. The molecule has 1 atom stereocenters. The van der Waals surface area contributed by atoms with Crippen LogP contribution in [-0.2, 0) is 7.05 Å². The van der Waals surface area contributed by atoms with Crippen molar-refractivity contribution in [1.29, 1.82) is 0 Å². The monoisotopic (exact) mass is 479 g/mol. The molecule has 9 heteroatoms. The largest absolute Gasteiger partial charge is 0.328 e. The highest BCUT2D eigenvalue weighted by Crippen LogP contribution is 2.38. The van der Waals surface area contributed by atoms with E-state index in [1.165, 1.54) is 16.0 Å². The Hall–Kier alpha value is -2.91. The van der Waals surface area contributed by atoms with Crippen LogP contribution in [0.3, 0.4) is 0 Å². The van der Waals surface area contributed by atoms with Gasteiger partial charge in [-0.15, -0.1) is 22.7 Å².